The molecule has 0 saturated heterocycles. The molecule has 1 amide bonds. The van der Waals surface area contributed by atoms with Gasteiger partial charge in [-0.15, -0.1) is 0 Å². The Bertz CT molecular complexity index is 1120. The molecule has 9 heteroatoms. The van der Waals surface area contributed by atoms with Crippen molar-refractivity contribution < 1.29 is 18.0 Å². The van der Waals surface area contributed by atoms with Crippen LogP contribution in [0.1, 0.15) is 45.6 Å². The largest absolute Gasteiger partial charge is 0.410 e. The number of amides is 1. The summed E-state index contributed by atoms with van der Waals surface area (Å²) in [6.07, 6.45) is -3.58. The summed E-state index contributed by atoms with van der Waals surface area (Å²) >= 11 is 6.00. The molecule has 0 radical (unpaired) electrons. The van der Waals surface area contributed by atoms with Gasteiger partial charge in [-0.1, -0.05) is 47.5 Å². The van der Waals surface area contributed by atoms with E-state index < -0.39 is 24.2 Å². The van der Waals surface area contributed by atoms with Gasteiger partial charge < -0.3 is 10.6 Å². The lowest BCUT2D eigenvalue weighted by atomic mass is 9.96. The SMILES string of the molecule is Cc1ccc([C@@H]2C[C@H](C(F)(F)F)n3ncc(C(=O)Nc4cc(Cl)ccc4C)c3N2)cc1. The number of anilines is 2. The Balaban J connectivity index is 1.70. The number of hydrogen-bond donors (Lipinski definition) is 2. The first-order valence-corrected chi connectivity index (χ1v) is 10.1. The van der Waals surface area contributed by atoms with Gasteiger partial charge in [0, 0.05) is 17.1 Å². The lowest BCUT2D eigenvalue weighted by Crippen LogP contribution is -2.36. The fraction of sp³-hybridized carbons (Fsp3) is 0.273. The summed E-state index contributed by atoms with van der Waals surface area (Å²) in [5.74, 6) is -0.527. The average Bonchev–Trinajstić information content (AvgIpc) is 3.14. The van der Waals surface area contributed by atoms with Crippen LogP contribution in [0.15, 0.2) is 48.7 Å². The maximum Gasteiger partial charge on any atom is 0.410 e. The molecule has 2 heterocycles. The number of hydrogen-bond acceptors (Lipinski definition) is 3. The van der Waals surface area contributed by atoms with Crippen molar-refractivity contribution in [3.8, 4) is 0 Å². The third kappa shape index (κ3) is 4.25. The van der Waals surface area contributed by atoms with Crippen LogP contribution in [-0.2, 0) is 0 Å². The Morgan fingerprint density at radius 3 is 2.58 bits per heavy atom. The molecule has 1 aromatic heterocycles. The van der Waals surface area contributed by atoms with E-state index in [9.17, 15) is 18.0 Å². The van der Waals surface area contributed by atoms with Gasteiger partial charge >= 0.3 is 6.18 Å². The standard InChI is InChI=1S/C22H20ClF3N4O/c1-12-3-6-14(7-4-12)18-10-19(22(24,25)26)30-20(28-18)16(11-27-30)21(31)29-17-9-15(23)8-5-13(17)2/h3-9,11,18-19,28H,10H2,1-2H3,(H,29,31)/t18-,19+/m0/s1. The fourth-order valence-corrected chi connectivity index (χ4v) is 3.84. The van der Waals surface area contributed by atoms with Gasteiger partial charge in [-0.2, -0.15) is 18.3 Å². The molecular weight excluding hydrogens is 429 g/mol. The van der Waals surface area contributed by atoms with Crippen LogP contribution in [0.25, 0.3) is 0 Å². The molecule has 31 heavy (non-hydrogen) atoms. The van der Waals surface area contributed by atoms with E-state index in [1.807, 2.05) is 19.1 Å². The molecule has 3 aromatic rings. The van der Waals surface area contributed by atoms with Gasteiger partial charge in [-0.3, -0.25) is 4.79 Å². The Kier molecular flexibility index (Phi) is 5.43. The highest BCUT2D eigenvalue weighted by Gasteiger charge is 2.47. The molecule has 0 spiro atoms. The van der Waals surface area contributed by atoms with E-state index in [1.54, 1.807) is 37.3 Å². The highest BCUT2D eigenvalue weighted by atomic mass is 35.5. The predicted molar refractivity (Wildman–Crippen MR) is 114 cm³/mol. The summed E-state index contributed by atoms with van der Waals surface area (Å²) in [4.78, 5) is 12.9. The van der Waals surface area contributed by atoms with Crippen molar-refractivity contribution in [3.63, 3.8) is 0 Å². The van der Waals surface area contributed by atoms with Gasteiger partial charge in [0.15, 0.2) is 6.04 Å². The smallest absolute Gasteiger partial charge is 0.363 e. The quantitative estimate of drug-likeness (QED) is 0.511. The number of nitrogens with zero attached hydrogens (tertiary/aromatic N) is 2. The third-order valence-corrected chi connectivity index (χ3v) is 5.65. The van der Waals surface area contributed by atoms with Crippen molar-refractivity contribution in [2.24, 2.45) is 0 Å². The van der Waals surface area contributed by atoms with Crippen LogP contribution in [0.5, 0.6) is 0 Å². The summed E-state index contributed by atoms with van der Waals surface area (Å²) in [5.41, 5.74) is 3.01. The second-order valence-corrected chi connectivity index (χ2v) is 8.10. The van der Waals surface area contributed by atoms with Crippen molar-refractivity contribution in [3.05, 3.63) is 75.9 Å². The summed E-state index contributed by atoms with van der Waals surface area (Å²) in [6, 6.07) is 9.85. The van der Waals surface area contributed by atoms with Gasteiger partial charge in [-0.25, -0.2) is 4.68 Å². The molecule has 2 atom stereocenters. The lowest BCUT2D eigenvalue weighted by Gasteiger charge is -2.34. The number of carbonyl (C=O) groups is 1. The van der Waals surface area contributed by atoms with Crippen molar-refractivity contribution in [1.82, 2.24) is 9.78 Å². The Labute approximate surface area is 182 Å². The highest BCUT2D eigenvalue weighted by molar-refractivity contribution is 6.31. The van der Waals surface area contributed by atoms with Crippen molar-refractivity contribution in [2.45, 2.75) is 38.5 Å². The zero-order chi connectivity index (χ0) is 22.3. The number of rotatable bonds is 3. The lowest BCUT2D eigenvalue weighted by molar-refractivity contribution is -0.173. The minimum absolute atomic E-state index is 0.0328. The predicted octanol–water partition coefficient (Wildman–Crippen LogP) is 6.07. The minimum atomic E-state index is -4.51. The number of nitrogens with one attached hydrogen (secondary N) is 2. The van der Waals surface area contributed by atoms with Gasteiger partial charge in [0.1, 0.15) is 11.4 Å². The number of aryl methyl sites for hydroxylation is 2. The first kappa shape index (κ1) is 21.2. The van der Waals surface area contributed by atoms with E-state index in [0.717, 1.165) is 22.0 Å². The Morgan fingerprint density at radius 2 is 1.90 bits per heavy atom. The van der Waals surface area contributed by atoms with Crippen molar-refractivity contribution in [2.75, 3.05) is 10.6 Å². The molecule has 1 aliphatic rings. The molecule has 5 nitrogen and oxygen atoms in total. The fourth-order valence-electron chi connectivity index (χ4n) is 3.66. The maximum absolute atomic E-state index is 13.8. The second kappa shape index (κ2) is 7.92. The van der Waals surface area contributed by atoms with E-state index in [1.165, 1.54) is 0 Å². The zero-order valence-electron chi connectivity index (χ0n) is 16.8. The number of carbonyl (C=O) groups excluding carboxylic acids is 1. The van der Waals surface area contributed by atoms with Gasteiger partial charge in [0.05, 0.1) is 12.2 Å². The van der Waals surface area contributed by atoms with E-state index in [4.69, 9.17) is 11.6 Å². The van der Waals surface area contributed by atoms with Crippen LogP contribution in [0, 0.1) is 13.8 Å². The molecule has 0 bridgehead atoms. The molecule has 4 rings (SSSR count). The highest BCUT2D eigenvalue weighted by Crippen LogP contribution is 2.44. The van der Waals surface area contributed by atoms with Crippen LogP contribution in [0.4, 0.5) is 24.7 Å². The molecule has 2 aromatic carbocycles. The molecule has 0 saturated carbocycles. The molecular formula is C22H20ClF3N4O. The monoisotopic (exact) mass is 448 g/mol. The topological polar surface area (TPSA) is 59.0 Å². The van der Waals surface area contributed by atoms with Crippen LogP contribution < -0.4 is 10.6 Å². The molecule has 162 valence electrons. The van der Waals surface area contributed by atoms with E-state index in [0.29, 0.717) is 16.3 Å². The van der Waals surface area contributed by atoms with Crippen LogP contribution in [-0.4, -0.2) is 21.9 Å². The van der Waals surface area contributed by atoms with Gasteiger partial charge in [0.25, 0.3) is 5.91 Å². The van der Waals surface area contributed by atoms with Crippen LogP contribution >= 0.6 is 11.6 Å². The summed E-state index contributed by atoms with van der Waals surface area (Å²) in [5, 5.41) is 10.1. The number of halogens is 4. The normalized spacial score (nSPS) is 18.3. The molecule has 0 unspecified atom stereocenters. The maximum atomic E-state index is 13.8. The number of fused-ring (bicyclic) bond motifs is 1. The van der Waals surface area contributed by atoms with Crippen molar-refractivity contribution >= 4 is 29.0 Å². The Morgan fingerprint density at radius 1 is 1.19 bits per heavy atom. The van der Waals surface area contributed by atoms with E-state index in [-0.39, 0.29) is 17.8 Å². The summed E-state index contributed by atoms with van der Waals surface area (Å²) < 4.78 is 42.3. The van der Waals surface area contributed by atoms with E-state index >= 15 is 0 Å². The van der Waals surface area contributed by atoms with Gasteiger partial charge in [-0.05, 0) is 37.1 Å². The average molecular weight is 449 g/mol. The molecule has 0 fully saturated rings. The summed E-state index contributed by atoms with van der Waals surface area (Å²) in [7, 11) is 0. The van der Waals surface area contributed by atoms with Crippen molar-refractivity contribution in [1.29, 1.82) is 0 Å². The van der Waals surface area contributed by atoms with Crippen LogP contribution in [0.2, 0.25) is 5.02 Å². The van der Waals surface area contributed by atoms with Gasteiger partial charge in [0.2, 0.25) is 0 Å². The number of aromatic nitrogens is 2. The van der Waals surface area contributed by atoms with E-state index in [2.05, 4.69) is 15.7 Å². The Hall–Kier alpha value is -3.00. The molecule has 1 aliphatic heterocycles. The second-order valence-electron chi connectivity index (χ2n) is 7.67. The third-order valence-electron chi connectivity index (χ3n) is 5.41. The minimum Gasteiger partial charge on any atom is -0.363 e. The number of benzene rings is 2. The number of alkyl halides is 3. The molecule has 2 N–H and O–H groups in total. The van der Waals surface area contributed by atoms with Crippen LogP contribution in [0.3, 0.4) is 0 Å². The first-order valence-electron chi connectivity index (χ1n) is 9.68. The molecule has 0 aliphatic carbocycles. The summed E-state index contributed by atoms with van der Waals surface area (Å²) in [6.45, 7) is 3.71. The first-order chi connectivity index (χ1) is 14.6. The zero-order valence-corrected chi connectivity index (χ0v) is 17.6.